The Morgan fingerprint density at radius 3 is 2.90 bits per heavy atom. The van der Waals surface area contributed by atoms with Gasteiger partial charge >= 0.3 is 0 Å². The van der Waals surface area contributed by atoms with Gasteiger partial charge in [-0.05, 0) is 20.3 Å². The first-order chi connectivity index (χ1) is 9.58. The maximum Gasteiger partial charge on any atom is 0.245 e. The summed E-state index contributed by atoms with van der Waals surface area (Å²) < 4.78 is 2.06. The van der Waals surface area contributed by atoms with Crippen LogP contribution in [-0.4, -0.2) is 52.8 Å². The second-order valence-corrected chi connectivity index (χ2v) is 5.98. The second-order valence-electron chi connectivity index (χ2n) is 5.98. The van der Waals surface area contributed by atoms with Crippen molar-refractivity contribution in [3.63, 3.8) is 0 Å². The Bertz CT molecular complexity index is 506. The van der Waals surface area contributed by atoms with E-state index in [1.165, 1.54) is 0 Å². The number of rotatable bonds is 3. The molecule has 0 bridgehead atoms. The topological polar surface area (TPSA) is 63.3 Å². The van der Waals surface area contributed by atoms with Crippen LogP contribution in [0.4, 0.5) is 5.69 Å². The Hall–Kier alpha value is -1.40. The number of aromatic nitrogens is 2. The van der Waals surface area contributed by atoms with Crippen molar-refractivity contribution in [2.75, 3.05) is 25.0 Å². The number of nitrogens with zero attached hydrogens (tertiary/aromatic N) is 4. The molecule has 1 N–H and O–H groups in total. The third-order valence-electron chi connectivity index (χ3n) is 4.22. The molecule has 0 radical (unpaired) electrons. The highest BCUT2D eigenvalue weighted by Crippen LogP contribution is 2.25. The molecule has 1 aromatic rings. The van der Waals surface area contributed by atoms with Gasteiger partial charge in [0.2, 0.25) is 5.91 Å². The molecule has 0 aromatic carbocycles. The molecule has 3 heterocycles. The van der Waals surface area contributed by atoms with Crippen LogP contribution in [0, 0.1) is 0 Å². The van der Waals surface area contributed by atoms with Crippen LogP contribution < -0.4 is 10.2 Å². The zero-order chi connectivity index (χ0) is 14.3. The fourth-order valence-electron chi connectivity index (χ4n) is 2.76. The minimum atomic E-state index is 0.00234. The molecule has 6 nitrogen and oxygen atoms in total. The van der Waals surface area contributed by atoms with Crippen LogP contribution in [0.1, 0.15) is 26.0 Å². The number of aryl methyl sites for hydroxylation is 1. The molecular weight excluding hydrogens is 254 g/mol. The van der Waals surface area contributed by atoms with Crippen molar-refractivity contribution >= 4 is 11.6 Å². The quantitative estimate of drug-likeness (QED) is 0.814. The zero-order valence-corrected chi connectivity index (χ0v) is 12.5. The first kappa shape index (κ1) is 13.6. The molecule has 1 aromatic heterocycles. The Labute approximate surface area is 119 Å². The van der Waals surface area contributed by atoms with E-state index in [1.807, 2.05) is 13.2 Å². The van der Waals surface area contributed by atoms with Crippen molar-refractivity contribution in [2.45, 2.75) is 45.4 Å². The number of carbonyl (C=O) groups excluding carboxylic acids is 1. The normalized spacial score (nSPS) is 22.5. The van der Waals surface area contributed by atoms with Crippen LogP contribution in [-0.2, 0) is 17.9 Å². The average molecular weight is 277 g/mol. The summed E-state index contributed by atoms with van der Waals surface area (Å²) in [4.78, 5) is 16.4. The molecule has 1 amide bonds. The first-order valence-electron chi connectivity index (χ1n) is 7.37. The zero-order valence-electron chi connectivity index (χ0n) is 12.5. The van der Waals surface area contributed by atoms with Gasteiger partial charge < -0.3 is 10.2 Å². The van der Waals surface area contributed by atoms with Crippen LogP contribution in [0.5, 0.6) is 0 Å². The van der Waals surface area contributed by atoms with Crippen molar-refractivity contribution in [1.29, 1.82) is 0 Å². The second kappa shape index (κ2) is 5.18. The number of amides is 1. The summed E-state index contributed by atoms with van der Waals surface area (Å²) in [6, 6.07) is 0.512. The highest BCUT2D eigenvalue weighted by molar-refractivity contribution is 5.98. The number of hydrogen-bond acceptors (Lipinski definition) is 4. The van der Waals surface area contributed by atoms with Crippen molar-refractivity contribution in [3.8, 4) is 0 Å². The maximum absolute atomic E-state index is 12.2. The van der Waals surface area contributed by atoms with E-state index in [4.69, 9.17) is 0 Å². The van der Waals surface area contributed by atoms with E-state index in [0.29, 0.717) is 6.04 Å². The van der Waals surface area contributed by atoms with Crippen LogP contribution in [0.25, 0.3) is 0 Å². The summed E-state index contributed by atoms with van der Waals surface area (Å²) in [5.41, 5.74) is 2.11. The lowest BCUT2D eigenvalue weighted by Gasteiger charge is -2.25. The maximum atomic E-state index is 12.2. The van der Waals surface area contributed by atoms with Gasteiger partial charge in [0.25, 0.3) is 0 Å². The van der Waals surface area contributed by atoms with Crippen LogP contribution in [0.3, 0.4) is 0 Å². The Morgan fingerprint density at radius 2 is 2.25 bits per heavy atom. The third kappa shape index (κ3) is 2.45. The Kier molecular flexibility index (Phi) is 3.52. The summed E-state index contributed by atoms with van der Waals surface area (Å²) in [6.07, 6.45) is 2.94. The fourth-order valence-corrected chi connectivity index (χ4v) is 2.76. The molecule has 0 unspecified atom stereocenters. The third-order valence-corrected chi connectivity index (χ3v) is 4.22. The molecule has 0 spiro atoms. The molecule has 1 fully saturated rings. The van der Waals surface area contributed by atoms with Gasteiger partial charge in [-0.2, -0.15) is 5.10 Å². The smallest absolute Gasteiger partial charge is 0.245 e. The van der Waals surface area contributed by atoms with Gasteiger partial charge in [-0.15, -0.1) is 0 Å². The van der Waals surface area contributed by atoms with E-state index in [-0.39, 0.29) is 11.9 Å². The van der Waals surface area contributed by atoms with Crippen LogP contribution >= 0.6 is 0 Å². The van der Waals surface area contributed by atoms with E-state index < -0.39 is 0 Å². The van der Waals surface area contributed by atoms with E-state index in [1.54, 1.807) is 4.90 Å². The lowest BCUT2D eigenvalue weighted by molar-refractivity contribution is -0.117. The van der Waals surface area contributed by atoms with E-state index in [9.17, 15) is 4.79 Å². The van der Waals surface area contributed by atoms with E-state index in [2.05, 4.69) is 33.8 Å². The Balaban J connectivity index is 1.86. The predicted octanol–water partition coefficient (Wildman–Crippen LogP) is 0.432. The van der Waals surface area contributed by atoms with E-state index >= 15 is 0 Å². The molecule has 1 atom stereocenters. The number of carbonyl (C=O) groups is 1. The Morgan fingerprint density at radius 1 is 1.50 bits per heavy atom. The van der Waals surface area contributed by atoms with Gasteiger partial charge in [0.05, 0.1) is 23.6 Å². The molecular formula is C14H23N5O. The molecule has 0 aliphatic carbocycles. The molecule has 6 heteroatoms. The van der Waals surface area contributed by atoms with Gasteiger partial charge in [-0.1, -0.05) is 0 Å². The predicted molar refractivity (Wildman–Crippen MR) is 77.6 cm³/mol. The van der Waals surface area contributed by atoms with Gasteiger partial charge in [-0.3, -0.25) is 14.4 Å². The van der Waals surface area contributed by atoms with Crippen molar-refractivity contribution in [1.82, 2.24) is 20.0 Å². The lowest BCUT2D eigenvalue weighted by Crippen LogP contribution is -2.34. The molecule has 2 aliphatic rings. The van der Waals surface area contributed by atoms with Crippen LogP contribution in [0.15, 0.2) is 6.20 Å². The average Bonchev–Trinajstić information content (AvgIpc) is 3.22. The summed E-state index contributed by atoms with van der Waals surface area (Å²) in [7, 11) is 1.85. The highest BCUT2D eigenvalue weighted by Gasteiger charge is 2.33. The van der Waals surface area contributed by atoms with Crippen molar-refractivity contribution in [3.05, 3.63) is 11.9 Å². The summed E-state index contributed by atoms with van der Waals surface area (Å²) in [5, 5.41) is 7.54. The molecule has 110 valence electrons. The summed E-state index contributed by atoms with van der Waals surface area (Å²) in [5.74, 6) is 0.140. The van der Waals surface area contributed by atoms with Crippen LogP contribution in [0.2, 0.25) is 0 Å². The number of likely N-dealkylation sites (N-methyl/N-ethyl adjacent to an activating group) is 1. The molecule has 3 rings (SSSR count). The van der Waals surface area contributed by atoms with Gasteiger partial charge in [0.15, 0.2) is 0 Å². The minimum Gasteiger partial charge on any atom is -0.311 e. The number of anilines is 1. The minimum absolute atomic E-state index is 0.00234. The molecule has 0 saturated carbocycles. The number of nitrogens with one attached hydrogen (secondary N) is 1. The number of hydrogen-bond donors (Lipinski definition) is 1. The molecule has 20 heavy (non-hydrogen) atoms. The standard InChI is InChI=1S/C14H23N5O/c1-10(2)18-5-4-6-19-13(9-18)12(8-16-19)17(3)14(20)11-7-15-11/h8,10-11,15H,4-7,9H2,1-3H3/t11-/m1/s1. The monoisotopic (exact) mass is 277 g/mol. The van der Waals surface area contributed by atoms with E-state index in [0.717, 1.165) is 44.0 Å². The summed E-state index contributed by atoms with van der Waals surface area (Å²) >= 11 is 0. The van der Waals surface area contributed by atoms with Gasteiger partial charge in [-0.25, -0.2) is 0 Å². The van der Waals surface area contributed by atoms with Crippen molar-refractivity contribution in [2.24, 2.45) is 0 Å². The number of fused-ring (bicyclic) bond motifs is 1. The highest BCUT2D eigenvalue weighted by atomic mass is 16.2. The first-order valence-corrected chi connectivity index (χ1v) is 7.37. The van der Waals surface area contributed by atoms with Gasteiger partial charge in [0, 0.05) is 39.3 Å². The fraction of sp³-hybridized carbons (Fsp3) is 0.714. The lowest BCUT2D eigenvalue weighted by atomic mass is 10.2. The van der Waals surface area contributed by atoms with Crippen molar-refractivity contribution < 1.29 is 4.79 Å². The largest absolute Gasteiger partial charge is 0.311 e. The van der Waals surface area contributed by atoms with Gasteiger partial charge in [0.1, 0.15) is 0 Å². The molecule has 1 saturated heterocycles. The molecule has 2 aliphatic heterocycles. The summed E-state index contributed by atoms with van der Waals surface area (Å²) in [6.45, 7) is 8.11. The SMILES string of the molecule is CC(C)N1CCCn2ncc(N(C)C(=O)[C@H]3CN3)c2C1.